The number of para-hydroxylation sites is 2. The summed E-state index contributed by atoms with van der Waals surface area (Å²) in [6.45, 7) is 22.2. The minimum absolute atomic E-state index is 0. The number of imidazole rings is 1. The Bertz CT molecular complexity index is 2970. The Balaban J connectivity index is 0.000000286. The van der Waals surface area contributed by atoms with Crippen LogP contribution >= 0.6 is 0 Å². The Morgan fingerprint density at radius 2 is 1.37 bits per heavy atom. The maximum absolute atomic E-state index is 14.5. The van der Waals surface area contributed by atoms with Gasteiger partial charge in [-0.1, -0.05) is 129 Å². The average molecular weight is 996 g/mol. The molecule has 6 heteroatoms. The fourth-order valence-corrected chi connectivity index (χ4v) is 8.19. The van der Waals surface area contributed by atoms with Gasteiger partial charge in [0.1, 0.15) is 11.4 Å². The molecule has 0 aliphatic heterocycles. The Kier molecular flexibility index (Phi) is 12.6. The van der Waals surface area contributed by atoms with Crippen molar-refractivity contribution in [3.63, 3.8) is 0 Å². The van der Waals surface area contributed by atoms with Gasteiger partial charge in [-0.2, -0.15) is 0 Å². The minimum atomic E-state index is -0.321. The van der Waals surface area contributed by atoms with Crippen LogP contribution in [0.5, 0.6) is 0 Å². The summed E-state index contributed by atoms with van der Waals surface area (Å²) in [6.07, 6.45) is 1.87. The molecule has 9 aromatic rings. The van der Waals surface area contributed by atoms with Crippen molar-refractivity contribution in [1.29, 1.82) is 0 Å². The first-order valence-corrected chi connectivity index (χ1v) is 21.3. The number of benzene rings is 6. The third-order valence-electron chi connectivity index (χ3n) is 11.5. The second-order valence-electron chi connectivity index (χ2n) is 18.7. The first-order valence-electron chi connectivity index (χ1n) is 21.3. The zero-order valence-electron chi connectivity index (χ0n) is 37.3. The normalized spacial score (nSPS) is 12.0. The second-order valence-corrected chi connectivity index (χ2v) is 18.7. The number of fused-ring (bicyclic) bond motifs is 4. The van der Waals surface area contributed by atoms with E-state index < -0.39 is 0 Å². The van der Waals surface area contributed by atoms with Gasteiger partial charge in [-0.25, -0.2) is 4.39 Å². The largest absolute Gasteiger partial charge is 0.500 e. The van der Waals surface area contributed by atoms with E-state index in [0.29, 0.717) is 11.2 Å². The van der Waals surface area contributed by atoms with Crippen molar-refractivity contribution in [3.8, 4) is 39.5 Å². The summed E-state index contributed by atoms with van der Waals surface area (Å²) >= 11 is 0. The molecule has 0 bridgehead atoms. The van der Waals surface area contributed by atoms with Gasteiger partial charge in [0.2, 0.25) is 0 Å². The standard InChI is InChI=1S/C41H38FN2O.C15H16N.Ir/c1-24(2)31-21-27(26-13-9-8-10-14-26)22-32(25(3)4)38(31)44-35-16-12-11-15-34(35)43-40(44)30-19-20-33(41(5,6)7)37-29-18-17-28(42)23-36(29)45-39(30)37;1-15(2,3)13-9-10-16-14(11-13)12-7-5-4-6-8-12;/h8-18,20-25H,1-7H3;4-7,9-11H,1-3H3;/q2*-1;. The number of pyridine rings is 1. The number of rotatable bonds is 6. The van der Waals surface area contributed by atoms with Gasteiger partial charge < -0.3 is 14.0 Å². The van der Waals surface area contributed by atoms with E-state index in [1.807, 2.05) is 42.6 Å². The molecule has 0 N–H and O–H groups in total. The predicted molar refractivity (Wildman–Crippen MR) is 252 cm³/mol. The smallest absolute Gasteiger partial charge is 0.126 e. The summed E-state index contributed by atoms with van der Waals surface area (Å²) in [7, 11) is 0. The zero-order valence-corrected chi connectivity index (χ0v) is 39.7. The van der Waals surface area contributed by atoms with E-state index in [1.165, 1.54) is 39.9 Å². The Hall–Kier alpha value is -5.68. The number of halogens is 1. The number of aromatic nitrogens is 3. The van der Waals surface area contributed by atoms with Gasteiger partial charge in [-0.05, 0) is 98.6 Å². The molecule has 0 aliphatic carbocycles. The molecule has 3 heterocycles. The van der Waals surface area contributed by atoms with Gasteiger partial charge in [0.15, 0.2) is 0 Å². The molecule has 0 spiro atoms. The van der Waals surface area contributed by atoms with E-state index >= 15 is 0 Å². The van der Waals surface area contributed by atoms with Gasteiger partial charge in [0.05, 0.1) is 22.4 Å². The third-order valence-corrected chi connectivity index (χ3v) is 11.5. The van der Waals surface area contributed by atoms with Crippen molar-refractivity contribution in [3.05, 3.63) is 174 Å². The molecule has 0 fully saturated rings. The first kappa shape index (κ1) is 44.4. The molecule has 0 aliphatic rings. The fraction of sp³-hybridized carbons (Fsp3) is 0.250. The fourth-order valence-electron chi connectivity index (χ4n) is 8.19. The van der Waals surface area contributed by atoms with E-state index in [1.54, 1.807) is 0 Å². The van der Waals surface area contributed by atoms with E-state index in [4.69, 9.17) is 9.40 Å². The van der Waals surface area contributed by atoms with Crippen LogP contribution in [0.4, 0.5) is 4.39 Å². The number of nitrogens with zero attached hydrogens (tertiary/aromatic N) is 3. The van der Waals surface area contributed by atoms with Crippen LogP contribution in [-0.4, -0.2) is 14.5 Å². The zero-order chi connectivity index (χ0) is 43.2. The van der Waals surface area contributed by atoms with Gasteiger partial charge in [-0.3, -0.25) is 4.98 Å². The molecule has 317 valence electrons. The van der Waals surface area contributed by atoms with Crippen LogP contribution in [0.1, 0.15) is 103 Å². The molecule has 62 heavy (non-hydrogen) atoms. The quantitative estimate of drug-likeness (QED) is 0.156. The molecule has 9 rings (SSSR count). The summed E-state index contributed by atoms with van der Waals surface area (Å²) in [6, 6.07) is 49.4. The predicted octanol–water partition coefficient (Wildman–Crippen LogP) is 15.6. The number of furan rings is 1. The number of hydrogen-bond donors (Lipinski definition) is 0. The van der Waals surface area contributed by atoms with E-state index in [2.05, 4.69) is 170 Å². The van der Waals surface area contributed by atoms with Gasteiger partial charge in [-0.15, -0.1) is 53.6 Å². The summed E-state index contributed by atoms with van der Waals surface area (Å²) in [4.78, 5) is 9.66. The third kappa shape index (κ3) is 8.69. The molecule has 6 aromatic carbocycles. The van der Waals surface area contributed by atoms with Crippen LogP contribution in [0, 0.1) is 17.9 Å². The Labute approximate surface area is 379 Å². The van der Waals surface area contributed by atoms with Crippen molar-refractivity contribution in [2.45, 2.75) is 91.9 Å². The minimum Gasteiger partial charge on any atom is -0.500 e. The van der Waals surface area contributed by atoms with E-state index in [-0.39, 0.29) is 48.6 Å². The molecule has 0 atom stereocenters. The molecule has 0 amide bonds. The van der Waals surface area contributed by atoms with Crippen LogP contribution in [0.3, 0.4) is 0 Å². The van der Waals surface area contributed by atoms with Gasteiger partial charge in [0, 0.05) is 43.4 Å². The van der Waals surface area contributed by atoms with Crippen molar-refractivity contribution in [1.82, 2.24) is 14.5 Å². The second kappa shape index (κ2) is 17.6. The van der Waals surface area contributed by atoms with E-state index in [0.717, 1.165) is 55.7 Å². The van der Waals surface area contributed by atoms with Crippen LogP contribution in [0.25, 0.3) is 72.4 Å². The summed E-state index contributed by atoms with van der Waals surface area (Å²) < 4.78 is 23.3. The summed E-state index contributed by atoms with van der Waals surface area (Å²) in [5.74, 6) is 0.934. The van der Waals surface area contributed by atoms with E-state index in [9.17, 15) is 4.39 Å². The summed E-state index contributed by atoms with van der Waals surface area (Å²) in [5.41, 5.74) is 14.4. The maximum atomic E-state index is 14.5. The molecular weight excluding hydrogens is 942 g/mol. The molecule has 0 unspecified atom stereocenters. The Morgan fingerprint density at radius 1 is 0.694 bits per heavy atom. The van der Waals surface area contributed by atoms with Crippen molar-refractivity contribution >= 4 is 33.0 Å². The molecule has 4 nitrogen and oxygen atoms in total. The average Bonchev–Trinajstić information content (AvgIpc) is 3.81. The molecule has 0 saturated heterocycles. The SMILES string of the molecule is CC(C)(C)c1ccnc(-c2[c-]cccc2)c1.CC(C)c1cc(-c2ccccc2)cc(C(C)C)c1-n1c(-c2[c-]cc(C(C)(C)C)c3c2oc2cc(F)ccc23)nc2ccccc21.[Ir]. The molecular formula is C56H54FIrN3O-2. The van der Waals surface area contributed by atoms with Crippen molar-refractivity contribution in [2.24, 2.45) is 0 Å². The first-order chi connectivity index (χ1) is 29.1. The maximum Gasteiger partial charge on any atom is 0.126 e. The van der Waals surface area contributed by atoms with Crippen molar-refractivity contribution in [2.75, 3.05) is 0 Å². The topological polar surface area (TPSA) is 43.9 Å². The van der Waals surface area contributed by atoms with Gasteiger partial charge in [0.25, 0.3) is 0 Å². The van der Waals surface area contributed by atoms with Crippen LogP contribution in [0.2, 0.25) is 0 Å². The summed E-state index contributed by atoms with van der Waals surface area (Å²) in [5, 5.41) is 1.88. The van der Waals surface area contributed by atoms with Crippen LogP contribution < -0.4 is 0 Å². The Morgan fingerprint density at radius 3 is 2.02 bits per heavy atom. The number of hydrogen-bond acceptors (Lipinski definition) is 3. The van der Waals surface area contributed by atoms with Crippen LogP contribution in [0.15, 0.2) is 138 Å². The molecule has 0 saturated carbocycles. The van der Waals surface area contributed by atoms with Gasteiger partial charge >= 0.3 is 0 Å². The monoisotopic (exact) mass is 996 g/mol. The molecule has 1 radical (unpaired) electrons. The van der Waals surface area contributed by atoms with Crippen molar-refractivity contribution < 1.29 is 28.9 Å². The van der Waals surface area contributed by atoms with Crippen LogP contribution in [-0.2, 0) is 30.9 Å². The molecule has 3 aromatic heterocycles.